The van der Waals surface area contributed by atoms with E-state index in [0.29, 0.717) is 6.04 Å². The highest BCUT2D eigenvalue weighted by Gasteiger charge is 2.35. The van der Waals surface area contributed by atoms with Gasteiger partial charge in [-0.3, -0.25) is 9.78 Å². The molecular weight excluding hydrogens is 190 g/mol. The van der Waals surface area contributed by atoms with Gasteiger partial charge in [-0.05, 0) is 18.9 Å². The number of carbonyl (C=O) groups is 1. The third kappa shape index (κ3) is 1.37. The Morgan fingerprint density at radius 1 is 1.33 bits per heavy atom. The van der Waals surface area contributed by atoms with E-state index in [4.69, 9.17) is 0 Å². The van der Waals surface area contributed by atoms with Gasteiger partial charge >= 0.3 is 0 Å². The molecule has 1 fully saturated rings. The third-order valence-corrected chi connectivity index (χ3v) is 3.27. The normalized spacial score (nSPS) is 28.4. The molecule has 2 N–H and O–H groups in total. The van der Waals surface area contributed by atoms with Gasteiger partial charge in [-0.15, -0.1) is 0 Å². The third-order valence-electron chi connectivity index (χ3n) is 3.27. The summed E-state index contributed by atoms with van der Waals surface area (Å²) in [7, 11) is 0. The fourth-order valence-corrected chi connectivity index (χ4v) is 2.49. The molecule has 15 heavy (non-hydrogen) atoms. The van der Waals surface area contributed by atoms with Gasteiger partial charge in [0.1, 0.15) is 0 Å². The Labute approximate surface area is 88.1 Å². The molecule has 2 unspecified atom stereocenters. The molecule has 78 valence electrons. The number of aromatic nitrogens is 1. The minimum Gasteiger partial charge on any atom is -0.380 e. The molecule has 4 nitrogen and oxygen atoms in total. The van der Waals surface area contributed by atoms with Gasteiger partial charge < -0.3 is 10.6 Å². The molecule has 1 aromatic heterocycles. The number of pyridine rings is 1. The lowest BCUT2D eigenvalue weighted by Gasteiger charge is -2.16. The Morgan fingerprint density at radius 2 is 2.27 bits per heavy atom. The van der Waals surface area contributed by atoms with Crippen molar-refractivity contribution in [3.63, 3.8) is 0 Å². The first-order chi connectivity index (χ1) is 7.34. The van der Waals surface area contributed by atoms with E-state index in [1.54, 1.807) is 12.4 Å². The summed E-state index contributed by atoms with van der Waals surface area (Å²) >= 11 is 0. The highest BCUT2D eigenvalue weighted by molar-refractivity contribution is 5.97. The lowest BCUT2D eigenvalue weighted by Crippen LogP contribution is -2.30. The molecule has 4 heteroatoms. The number of hydrogen-bond acceptors (Lipinski definition) is 3. The largest absolute Gasteiger partial charge is 0.380 e. The summed E-state index contributed by atoms with van der Waals surface area (Å²) < 4.78 is 0. The first kappa shape index (κ1) is 8.71. The summed E-state index contributed by atoms with van der Waals surface area (Å²) in [6, 6.07) is 2.21. The van der Waals surface area contributed by atoms with Crippen molar-refractivity contribution >= 4 is 17.3 Å². The lowest BCUT2D eigenvalue weighted by molar-refractivity contribution is -0.119. The smallest absolute Gasteiger partial charge is 0.229 e. The number of fused-ring (bicyclic) bond motifs is 2. The van der Waals surface area contributed by atoms with Crippen LogP contribution in [0, 0.1) is 5.92 Å². The van der Waals surface area contributed by atoms with Crippen molar-refractivity contribution in [2.75, 3.05) is 10.6 Å². The topological polar surface area (TPSA) is 54.0 Å². The van der Waals surface area contributed by atoms with Crippen LogP contribution >= 0.6 is 0 Å². The first-order valence-corrected chi connectivity index (χ1v) is 5.36. The standard InChI is InChI=1S/C11H13N3O/c15-11-7-2-1-3-8(7)13-9-4-5-12-6-10(9)14-11/h4-8,13H,1-3H2,(H,14,15). The molecule has 1 aromatic rings. The van der Waals surface area contributed by atoms with E-state index in [2.05, 4.69) is 15.6 Å². The van der Waals surface area contributed by atoms with E-state index >= 15 is 0 Å². The summed E-state index contributed by atoms with van der Waals surface area (Å²) in [5.41, 5.74) is 1.80. The summed E-state index contributed by atoms with van der Waals surface area (Å²) in [5.74, 6) is 0.258. The molecule has 1 aliphatic carbocycles. The van der Waals surface area contributed by atoms with Crippen molar-refractivity contribution in [2.45, 2.75) is 25.3 Å². The number of amides is 1. The molecule has 1 aliphatic heterocycles. The van der Waals surface area contributed by atoms with Crippen LogP contribution in [0.3, 0.4) is 0 Å². The van der Waals surface area contributed by atoms with Gasteiger partial charge in [0.15, 0.2) is 0 Å². The molecule has 0 radical (unpaired) electrons. The molecule has 1 amide bonds. The van der Waals surface area contributed by atoms with Crippen molar-refractivity contribution in [2.24, 2.45) is 5.92 Å². The second kappa shape index (κ2) is 3.22. The molecule has 0 aromatic carbocycles. The number of carbonyl (C=O) groups excluding carboxylic acids is 1. The Morgan fingerprint density at radius 3 is 3.20 bits per heavy atom. The molecule has 2 heterocycles. The maximum Gasteiger partial charge on any atom is 0.229 e. The number of anilines is 2. The summed E-state index contributed by atoms with van der Waals surface area (Å²) in [4.78, 5) is 15.9. The zero-order valence-electron chi connectivity index (χ0n) is 8.36. The van der Waals surface area contributed by atoms with Gasteiger partial charge in [0.25, 0.3) is 0 Å². The van der Waals surface area contributed by atoms with E-state index in [0.717, 1.165) is 30.6 Å². The van der Waals surface area contributed by atoms with Crippen molar-refractivity contribution in [3.05, 3.63) is 18.5 Å². The number of nitrogens with zero attached hydrogens (tertiary/aromatic N) is 1. The van der Waals surface area contributed by atoms with E-state index in [1.807, 2.05) is 6.07 Å². The number of rotatable bonds is 0. The van der Waals surface area contributed by atoms with Gasteiger partial charge in [0.05, 0.1) is 23.5 Å². The van der Waals surface area contributed by atoms with Crippen LogP contribution in [-0.4, -0.2) is 16.9 Å². The second-order valence-corrected chi connectivity index (χ2v) is 4.20. The minimum atomic E-state index is 0.123. The Bertz CT molecular complexity index is 405. The SMILES string of the molecule is O=C1Nc2cnccc2NC2CCCC12. The molecule has 1 saturated carbocycles. The maximum atomic E-state index is 11.9. The highest BCUT2D eigenvalue weighted by atomic mass is 16.2. The van der Waals surface area contributed by atoms with Crippen LogP contribution in [0.15, 0.2) is 18.5 Å². The van der Waals surface area contributed by atoms with Crippen molar-refractivity contribution in [1.82, 2.24) is 4.98 Å². The number of hydrogen-bond donors (Lipinski definition) is 2. The van der Waals surface area contributed by atoms with Crippen molar-refractivity contribution in [3.8, 4) is 0 Å². The fraction of sp³-hybridized carbons (Fsp3) is 0.455. The quantitative estimate of drug-likeness (QED) is 0.673. The van der Waals surface area contributed by atoms with Crippen LogP contribution in [0.25, 0.3) is 0 Å². The Balaban J connectivity index is 2.00. The number of nitrogens with one attached hydrogen (secondary N) is 2. The van der Waals surface area contributed by atoms with Crippen LogP contribution < -0.4 is 10.6 Å². The van der Waals surface area contributed by atoms with E-state index in [-0.39, 0.29) is 11.8 Å². The molecule has 0 saturated heterocycles. The average molecular weight is 203 g/mol. The Hall–Kier alpha value is -1.58. The predicted octanol–water partition coefficient (Wildman–Crippen LogP) is 1.61. The second-order valence-electron chi connectivity index (χ2n) is 4.20. The molecule has 0 spiro atoms. The van der Waals surface area contributed by atoms with Crippen LogP contribution in [0.2, 0.25) is 0 Å². The van der Waals surface area contributed by atoms with Crippen LogP contribution in [0.5, 0.6) is 0 Å². The van der Waals surface area contributed by atoms with Gasteiger partial charge in [-0.1, -0.05) is 6.42 Å². The van der Waals surface area contributed by atoms with Crippen molar-refractivity contribution < 1.29 is 4.79 Å². The average Bonchev–Trinajstić information content (AvgIpc) is 2.64. The fourth-order valence-electron chi connectivity index (χ4n) is 2.49. The van der Waals surface area contributed by atoms with Crippen LogP contribution in [0.4, 0.5) is 11.4 Å². The lowest BCUT2D eigenvalue weighted by atomic mass is 10.0. The first-order valence-electron chi connectivity index (χ1n) is 5.36. The molecule has 2 aliphatic rings. The minimum absolute atomic E-state index is 0.123. The highest BCUT2D eigenvalue weighted by Crippen LogP contribution is 2.34. The van der Waals surface area contributed by atoms with Gasteiger partial charge in [-0.25, -0.2) is 0 Å². The van der Waals surface area contributed by atoms with Gasteiger partial charge in [-0.2, -0.15) is 0 Å². The summed E-state index contributed by atoms with van der Waals surface area (Å²) in [5, 5.41) is 6.36. The monoisotopic (exact) mass is 203 g/mol. The summed E-state index contributed by atoms with van der Waals surface area (Å²) in [6.07, 6.45) is 6.65. The zero-order valence-corrected chi connectivity index (χ0v) is 8.36. The maximum absolute atomic E-state index is 11.9. The van der Waals surface area contributed by atoms with E-state index in [9.17, 15) is 4.79 Å². The Kier molecular flexibility index (Phi) is 1.87. The van der Waals surface area contributed by atoms with Crippen molar-refractivity contribution in [1.29, 1.82) is 0 Å². The molecule has 3 rings (SSSR count). The van der Waals surface area contributed by atoms with Gasteiger partial charge in [0.2, 0.25) is 5.91 Å². The summed E-state index contributed by atoms with van der Waals surface area (Å²) in [6.45, 7) is 0. The molecule has 0 bridgehead atoms. The van der Waals surface area contributed by atoms with Crippen LogP contribution in [-0.2, 0) is 4.79 Å². The van der Waals surface area contributed by atoms with E-state index in [1.165, 1.54) is 0 Å². The van der Waals surface area contributed by atoms with Crippen LogP contribution in [0.1, 0.15) is 19.3 Å². The predicted molar refractivity (Wildman–Crippen MR) is 57.6 cm³/mol. The zero-order chi connectivity index (χ0) is 10.3. The molecular formula is C11H13N3O. The molecule has 2 atom stereocenters. The van der Waals surface area contributed by atoms with E-state index < -0.39 is 0 Å². The van der Waals surface area contributed by atoms with Gasteiger partial charge in [0, 0.05) is 12.2 Å².